The van der Waals surface area contributed by atoms with Crippen LogP contribution in [0.4, 0.5) is 0 Å². The first-order valence-electron chi connectivity index (χ1n) is 5.91. The molecule has 0 radical (unpaired) electrons. The molecule has 2 N–H and O–H groups in total. The van der Waals surface area contributed by atoms with Gasteiger partial charge in [0.05, 0.1) is 12.2 Å². The third kappa shape index (κ3) is 3.98. The number of quaternary nitrogens is 1. The summed E-state index contributed by atoms with van der Waals surface area (Å²) in [5, 5.41) is 3.66. The minimum Gasteiger partial charge on any atom is -0.341 e. The summed E-state index contributed by atoms with van der Waals surface area (Å²) in [6.45, 7) is 1.88. The van der Waals surface area contributed by atoms with E-state index in [0.29, 0.717) is 5.02 Å². The standard InChI is InChI=1S/C14H14Cl2N2/c15-12-5-4-11(14(16)9-12)6-8-17-10-13-3-1-2-7-18-13/h1-5,7,9,17H,6,8,10H2/p+1. The van der Waals surface area contributed by atoms with Crippen molar-refractivity contribution in [2.24, 2.45) is 0 Å². The van der Waals surface area contributed by atoms with Gasteiger partial charge >= 0.3 is 0 Å². The summed E-state index contributed by atoms with van der Waals surface area (Å²) < 4.78 is 0. The van der Waals surface area contributed by atoms with Gasteiger partial charge in [-0.25, -0.2) is 0 Å². The van der Waals surface area contributed by atoms with Gasteiger partial charge in [0.15, 0.2) is 0 Å². The van der Waals surface area contributed by atoms with Crippen LogP contribution in [-0.2, 0) is 13.0 Å². The zero-order valence-corrected chi connectivity index (χ0v) is 11.5. The second-order valence-electron chi connectivity index (χ2n) is 4.09. The van der Waals surface area contributed by atoms with Crippen molar-refractivity contribution in [3.63, 3.8) is 0 Å². The topological polar surface area (TPSA) is 29.5 Å². The summed E-state index contributed by atoms with van der Waals surface area (Å²) in [5.41, 5.74) is 2.23. The first-order chi connectivity index (χ1) is 8.75. The van der Waals surface area contributed by atoms with Crippen molar-refractivity contribution in [2.75, 3.05) is 6.54 Å². The molecule has 0 saturated heterocycles. The van der Waals surface area contributed by atoms with Crippen LogP contribution >= 0.6 is 23.2 Å². The molecule has 0 aliphatic rings. The summed E-state index contributed by atoms with van der Waals surface area (Å²) in [7, 11) is 0. The van der Waals surface area contributed by atoms with Crippen LogP contribution in [0.15, 0.2) is 42.6 Å². The Morgan fingerprint density at radius 3 is 2.72 bits per heavy atom. The number of halogens is 2. The molecule has 0 saturated carbocycles. The molecule has 0 amide bonds. The minimum absolute atomic E-state index is 0.682. The zero-order valence-electron chi connectivity index (χ0n) is 9.94. The van der Waals surface area contributed by atoms with E-state index >= 15 is 0 Å². The van der Waals surface area contributed by atoms with Crippen LogP contribution in [0.1, 0.15) is 11.3 Å². The Hall–Kier alpha value is -1.09. The molecule has 2 aromatic rings. The summed E-state index contributed by atoms with van der Waals surface area (Å²) in [6.07, 6.45) is 2.75. The van der Waals surface area contributed by atoms with Gasteiger partial charge in [-0.1, -0.05) is 35.3 Å². The first-order valence-corrected chi connectivity index (χ1v) is 6.67. The Kier molecular flexibility index (Phi) is 5.00. The molecule has 0 spiro atoms. The van der Waals surface area contributed by atoms with E-state index in [1.54, 1.807) is 6.07 Å². The van der Waals surface area contributed by atoms with Crippen LogP contribution in [0.25, 0.3) is 0 Å². The molecule has 2 nitrogen and oxygen atoms in total. The highest BCUT2D eigenvalue weighted by atomic mass is 35.5. The number of hydrogen-bond donors (Lipinski definition) is 1. The predicted octanol–water partition coefficient (Wildman–Crippen LogP) is 2.69. The van der Waals surface area contributed by atoms with Crippen LogP contribution in [-0.4, -0.2) is 11.5 Å². The Balaban J connectivity index is 1.79. The quantitative estimate of drug-likeness (QED) is 0.839. The fourth-order valence-corrected chi connectivity index (χ4v) is 2.25. The Morgan fingerprint density at radius 1 is 1.11 bits per heavy atom. The SMILES string of the molecule is Clc1ccc(CC[NH2+]Cc2ccccn2)c(Cl)c1. The maximum absolute atomic E-state index is 6.11. The van der Waals surface area contributed by atoms with Gasteiger partial charge in [-0.05, 0) is 29.8 Å². The molecule has 1 aromatic carbocycles. The summed E-state index contributed by atoms with van der Waals surface area (Å²) in [5.74, 6) is 0. The largest absolute Gasteiger partial charge is 0.341 e. The third-order valence-corrected chi connectivity index (χ3v) is 3.30. The highest BCUT2D eigenvalue weighted by Gasteiger charge is 2.02. The van der Waals surface area contributed by atoms with Gasteiger partial charge in [-0.15, -0.1) is 0 Å². The Labute approximate surface area is 117 Å². The number of aromatic nitrogens is 1. The molecule has 0 fully saturated rings. The lowest BCUT2D eigenvalue weighted by molar-refractivity contribution is -0.670. The molecule has 2 rings (SSSR count). The summed E-state index contributed by atoms with van der Waals surface area (Å²) in [6, 6.07) is 11.6. The van der Waals surface area contributed by atoms with Crippen molar-refractivity contribution in [1.82, 2.24) is 4.98 Å². The predicted molar refractivity (Wildman–Crippen MR) is 74.9 cm³/mol. The van der Waals surface area contributed by atoms with Gasteiger partial charge in [0.2, 0.25) is 0 Å². The molecular weight excluding hydrogens is 267 g/mol. The van der Waals surface area contributed by atoms with Gasteiger partial charge in [-0.2, -0.15) is 0 Å². The van der Waals surface area contributed by atoms with Crippen molar-refractivity contribution in [1.29, 1.82) is 0 Å². The van der Waals surface area contributed by atoms with Crippen molar-refractivity contribution in [3.8, 4) is 0 Å². The number of pyridine rings is 1. The van der Waals surface area contributed by atoms with Crippen molar-refractivity contribution in [2.45, 2.75) is 13.0 Å². The van der Waals surface area contributed by atoms with Crippen LogP contribution in [0.3, 0.4) is 0 Å². The molecule has 4 heteroatoms. The molecule has 0 bridgehead atoms. The van der Waals surface area contributed by atoms with Crippen LogP contribution in [0, 0.1) is 0 Å². The molecule has 0 aliphatic heterocycles. The molecule has 1 aromatic heterocycles. The lowest BCUT2D eigenvalue weighted by Crippen LogP contribution is -2.83. The molecule has 0 aliphatic carbocycles. The van der Waals surface area contributed by atoms with Crippen molar-refractivity contribution < 1.29 is 5.32 Å². The maximum atomic E-state index is 6.11. The van der Waals surface area contributed by atoms with Crippen LogP contribution in [0.2, 0.25) is 10.0 Å². The Morgan fingerprint density at radius 2 is 2.00 bits per heavy atom. The zero-order chi connectivity index (χ0) is 12.8. The van der Waals surface area contributed by atoms with Gasteiger partial charge in [-0.3, -0.25) is 4.98 Å². The molecule has 18 heavy (non-hydrogen) atoms. The van der Waals surface area contributed by atoms with Gasteiger partial charge in [0.25, 0.3) is 0 Å². The number of nitrogens with two attached hydrogens (primary N) is 1. The first kappa shape index (κ1) is 13.3. The Bertz CT molecular complexity index is 500. The summed E-state index contributed by atoms with van der Waals surface area (Å²) >= 11 is 12.0. The lowest BCUT2D eigenvalue weighted by Gasteiger charge is -2.04. The van der Waals surface area contributed by atoms with Gasteiger partial charge < -0.3 is 5.32 Å². The second-order valence-corrected chi connectivity index (χ2v) is 4.93. The smallest absolute Gasteiger partial charge is 0.118 e. The second kappa shape index (κ2) is 6.74. The van der Waals surface area contributed by atoms with E-state index in [1.807, 2.05) is 36.5 Å². The molecular formula is C14H15Cl2N2+. The van der Waals surface area contributed by atoms with Gasteiger partial charge in [0.1, 0.15) is 6.54 Å². The average molecular weight is 282 g/mol. The van der Waals surface area contributed by atoms with E-state index in [0.717, 1.165) is 35.8 Å². The highest BCUT2D eigenvalue weighted by molar-refractivity contribution is 6.35. The molecule has 0 unspecified atom stereocenters. The molecule has 94 valence electrons. The maximum Gasteiger partial charge on any atom is 0.118 e. The van der Waals surface area contributed by atoms with E-state index in [4.69, 9.17) is 23.2 Å². The van der Waals surface area contributed by atoms with E-state index in [2.05, 4.69) is 10.3 Å². The fourth-order valence-electron chi connectivity index (χ4n) is 1.75. The van der Waals surface area contributed by atoms with Crippen molar-refractivity contribution >= 4 is 23.2 Å². The number of nitrogens with zero attached hydrogens (tertiary/aromatic N) is 1. The van der Waals surface area contributed by atoms with Gasteiger partial charge in [0, 0.05) is 22.7 Å². The molecule has 0 atom stereocenters. The molecule has 1 heterocycles. The van der Waals surface area contributed by atoms with E-state index in [1.165, 1.54) is 0 Å². The van der Waals surface area contributed by atoms with E-state index < -0.39 is 0 Å². The van der Waals surface area contributed by atoms with Crippen molar-refractivity contribution in [3.05, 3.63) is 63.9 Å². The number of rotatable bonds is 5. The highest BCUT2D eigenvalue weighted by Crippen LogP contribution is 2.20. The monoisotopic (exact) mass is 281 g/mol. The van der Waals surface area contributed by atoms with Crippen LogP contribution < -0.4 is 5.32 Å². The fraction of sp³-hybridized carbons (Fsp3) is 0.214. The lowest BCUT2D eigenvalue weighted by atomic mass is 10.1. The summed E-state index contributed by atoms with van der Waals surface area (Å²) in [4.78, 5) is 4.28. The normalized spacial score (nSPS) is 10.6. The minimum atomic E-state index is 0.682. The third-order valence-electron chi connectivity index (χ3n) is 2.71. The van der Waals surface area contributed by atoms with E-state index in [-0.39, 0.29) is 0 Å². The van der Waals surface area contributed by atoms with Crippen LogP contribution in [0.5, 0.6) is 0 Å². The average Bonchev–Trinajstić information content (AvgIpc) is 2.38. The van der Waals surface area contributed by atoms with E-state index in [9.17, 15) is 0 Å². The number of benzene rings is 1. The number of hydrogen-bond acceptors (Lipinski definition) is 1.